The predicted molar refractivity (Wildman–Crippen MR) is 80.8 cm³/mol. The van der Waals surface area contributed by atoms with Gasteiger partial charge in [-0.05, 0) is 42.7 Å². The van der Waals surface area contributed by atoms with Crippen LogP contribution in [0, 0.1) is 0 Å². The topological polar surface area (TPSA) is 55.9 Å². The summed E-state index contributed by atoms with van der Waals surface area (Å²) in [5.74, 6) is 5.66. The van der Waals surface area contributed by atoms with Gasteiger partial charge in [0.05, 0.1) is 12.2 Å². The quantitative estimate of drug-likeness (QED) is 0.648. The van der Waals surface area contributed by atoms with E-state index < -0.39 is 0 Å². The van der Waals surface area contributed by atoms with Crippen LogP contribution in [-0.2, 0) is 13.0 Å². The number of hydrogen-bond acceptors (Lipinski definition) is 3. The minimum atomic E-state index is -0.0421. The minimum absolute atomic E-state index is 0.0421. The molecule has 1 atom stereocenters. The van der Waals surface area contributed by atoms with Crippen LogP contribution in [0.3, 0.4) is 0 Å². The number of aryl methyl sites for hydroxylation is 1. The van der Waals surface area contributed by atoms with Gasteiger partial charge in [-0.3, -0.25) is 16.0 Å². The Balaban J connectivity index is 2.22. The first-order valence-electron chi connectivity index (χ1n) is 6.06. The van der Waals surface area contributed by atoms with Gasteiger partial charge in [0.2, 0.25) is 0 Å². The number of benzene rings is 1. The second kappa shape index (κ2) is 6.52. The van der Waals surface area contributed by atoms with Gasteiger partial charge < -0.3 is 0 Å². The molecule has 0 aliphatic heterocycles. The highest BCUT2D eigenvalue weighted by Crippen LogP contribution is 2.28. The first-order chi connectivity index (χ1) is 9.13. The van der Waals surface area contributed by atoms with Crippen molar-refractivity contribution in [1.29, 1.82) is 0 Å². The van der Waals surface area contributed by atoms with Crippen molar-refractivity contribution in [3.8, 4) is 0 Å². The van der Waals surface area contributed by atoms with Gasteiger partial charge in [-0.1, -0.05) is 27.5 Å². The Morgan fingerprint density at radius 3 is 2.95 bits per heavy atom. The summed E-state index contributed by atoms with van der Waals surface area (Å²) in [6.45, 7) is 2.92. The third-order valence-corrected chi connectivity index (χ3v) is 3.82. The molecule has 1 aromatic heterocycles. The van der Waals surface area contributed by atoms with E-state index in [0.717, 1.165) is 28.6 Å². The fourth-order valence-corrected chi connectivity index (χ4v) is 2.59. The maximum atomic E-state index is 6.23. The maximum absolute atomic E-state index is 6.23. The lowest BCUT2D eigenvalue weighted by molar-refractivity contribution is 0.551. The number of nitrogens with one attached hydrogen (secondary N) is 1. The number of rotatable bonds is 5. The van der Waals surface area contributed by atoms with E-state index in [4.69, 9.17) is 17.4 Å². The van der Waals surface area contributed by atoms with Crippen LogP contribution in [0.1, 0.15) is 24.1 Å². The van der Waals surface area contributed by atoms with E-state index in [1.165, 1.54) is 0 Å². The number of halogens is 2. The van der Waals surface area contributed by atoms with Gasteiger partial charge in [0.1, 0.15) is 0 Å². The average molecular weight is 344 g/mol. The average Bonchev–Trinajstić information content (AvgIpc) is 2.87. The van der Waals surface area contributed by atoms with Crippen LogP contribution in [-0.4, -0.2) is 9.78 Å². The molecule has 102 valence electrons. The fraction of sp³-hybridized carbons (Fsp3) is 0.308. The van der Waals surface area contributed by atoms with Gasteiger partial charge in [0, 0.05) is 22.2 Å². The summed E-state index contributed by atoms with van der Waals surface area (Å²) in [7, 11) is 0. The molecule has 0 saturated carbocycles. The Bertz CT molecular complexity index is 555. The molecule has 0 amide bonds. The molecular weight excluding hydrogens is 328 g/mol. The van der Waals surface area contributed by atoms with E-state index in [1.54, 1.807) is 0 Å². The van der Waals surface area contributed by atoms with Crippen molar-refractivity contribution in [3.05, 3.63) is 51.2 Å². The molecule has 2 aromatic rings. The molecule has 3 N–H and O–H groups in total. The molecule has 1 unspecified atom stereocenters. The van der Waals surface area contributed by atoms with Gasteiger partial charge in [-0.25, -0.2) is 0 Å². The monoisotopic (exact) mass is 342 g/mol. The van der Waals surface area contributed by atoms with Gasteiger partial charge in [0.25, 0.3) is 0 Å². The largest absolute Gasteiger partial charge is 0.273 e. The molecule has 6 heteroatoms. The Kier molecular flexibility index (Phi) is 4.99. The smallest absolute Gasteiger partial charge is 0.0522 e. The van der Waals surface area contributed by atoms with Crippen LogP contribution < -0.4 is 11.3 Å². The van der Waals surface area contributed by atoms with Crippen molar-refractivity contribution in [2.24, 2.45) is 5.84 Å². The van der Waals surface area contributed by atoms with E-state index in [2.05, 4.69) is 33.4 Å². The number of nitrogens with two attached hydrogens (primary N) is 1. The van der Waals surface area contributed by atoms with Crippen molar-refractivity contribution >= 4 is 27.5 Å². The Hall–Kier alpha value is -0.880. The van der Waals surface area contributed by atoms with E-state index in [9.17, 15) is 0 Å². The number of nitrogens with zero attached hydrogens (tertiary/aromatic N) is 2. The van der Waals surface area contributed by atoms with Gasteiger partial charge in [0.15, 0.2) is 0 Å². The summed E-state index contributed by atoms with van der Waals surface area (Å²) in [4.78, 5) is 0. The first kappa shape index (κ1) is 14.5. The molecule has 0 spiro atoms. The summed E-state index contributed by atoms with van der Waals surface area (Å²) >= 11 is 9.68. The van der Waals surface area contributed by atoms with Crippen LogP contribution in [0.25, 0.3) is 0 Å². The predicted octanol–water partition coefficient (Wildman–Crippen LogP) is 3.07. The third kappa shape index (κ3) is 3.57. The third-order valence-electron chi connectivity index (χ3n) is 2.99. The van der Waals surface area contributed by atoms with E-state index in [1.807, 2.05) is 35.3 Å². The normalized spacial score (nSPS) is 12.6. The molecule has 0 bridgehead atoms. The highest BCUT2D eigenvalue weighted by molar-refractivity contribution is 9.10. The molecular formula is C13H16BrClN4. The summed E-state index contributed by atoms with van der Waals surface area (Å²) in [6, 6.07) is 5.71. The standard InChI is InChI=1S/C13H16BrClN4/c1-2-19-8-9(7-17-19)5-13(18-16)11-6-10(14)3-4-12(11)15/h3-4,6-8,13,18H,2,5,16H2,1H3. The van der Waals surface area contributed by atoms with E-state index >= 15 is 0 Å². The molecule has 0 saturated heterocycles. The van der Waals surface area contributed by atoms with Crippen molar-refractivity contribution in [2.75, 3.05) is 0 Å². The summed E-state index contributed by atoms with van der Waals surface area (Å²) < 4.78 is 2.88. The maximum Gasteiger partial charge on any atom is 0.0522 e. The number of hydrazine groups is 1. The molecule has 0 aliphatic rings. The van der Waals surface area contributed by atoms with Gasteiger partial charge in [-0.15, -0.1) is 0 Å². The number of aromatic nitrogens is 2. The molecule has 0 aliphatic carbocycles. The van der Waals surface area contributed by atoms with E-state index in [-0.39, 0.29) is 6.04 Å². The number of hydrogen-bond donors (Lipinski definition) is 2. The highest BCUT2D eigenvalue weighted by Gasteiger charge is 2.15. The molecule has 1 aromatic carbocycles. The van der Waals surface area contributed by atoms with Crippen LogP contribution >= 0.6 is 27.5 Å². The van der Waals surface area contributed by atoms with Crippen LogP contribution in [0.15, 0.2) is 35.1 Å². The summed E-state index contributed by atoms with van der Waals surface area (Å²) in [5.41, 5.74) is 4.92. The van der Waals surface area contributed by atoms with Crippen LogP contribution in [0.4, 0.5) is 0 Å². The Morgan fingerprint density at radius 1 is 1.53 bits per heavy atom. The van der Waals surface area contributed by atoms with Crippen molar-refractivity contribution in [3.63, 3.8) is 0 Å². The van der Waals surface area contributed by atoms with Crippen molar-refractivity contribution in [2.45, 2.75) is 25.9 Å². The second-order valence-electron chi connectivity index (χ2n) is 4.29. The molecule has 19 heavy (non-hydrogen) atoms. The lowest BCUT2D eigenvalue weighted by Gasteiger charge is -2.17. The fourth-order valence-electron chi connectivity index (χ4n) is 1.96. The summed E-state index contributed by atoms with van der Waals surface area (Å²) in [5, 5.41) is 4.96. The SMILES string of the molecule is CCn1cc(CC(NN)c2cc(Br)ccc2Cl)cn1. The van der Waals surface area contributed by atoms with Crippen LogP contribution in [0.2, 0.25) is 5.02 Å². The van der Waals surface area contributed by atoms with Gasteiger partial charge in [-0.2, -0.15) is 5.10 Å². The molecule has 2 rings (SSSR count). The molecule has 0 radical (unpaired) electrons. The lowest BCUT2D eigenvalue weighted by Crippen LogP contribution is -2.29. The Labute approximate surface area is 126 Å². The zero-order valence-corrected chi connectivity index (χ0v) is 12.9. The summed E-state index contributed by atoms with van der Waals surface area (Å²) in [6.07, 6.45) is 4.63. The zero-order valence-electron chi connectivity index (χ0n) is 10.6. The van der Waals surface area contributed by atoms with Crippen molar-refractivity contribution in [1.82, 2.24) is 15.2 Å². The lowest BCUT2D eigenvalue weighted by atomic mass is 10.0. The molecule has 0 fully saturated rings. The van der Waals surface area contributed by atoms with E-state index in [0.29, 0.717) is 5.02 Å². The van der Waals surface area contributed by atoms with Gasteiger partial charge >= 0.3 is 0 Å². The van der Waals surface area contributed by atoms with Crippen LogP contribution in [0.5, 0.6) is 0 Å². The minimum Gasteiger partial charge on any atom is -0.273 e. The zero-order chi connectivity index (χ0) is 13.8. The second-order valence-corrected chi connectivity index (χ2v) is 5.62. The highest BCUT2D eigenvalue weighted by atomic mass is 79.9. The molecule has 4 nitrogen and oxygen atoms in total. The Morgan fingerprint density at radius 2 is 2.32 bits per heavy atom. The molecule has 1 heterocycles. The first-order valence-corrected chi connectivity index (χ1v) is 7.23. The van der Waals surface area contributed by atoms with Crippen molar-refractivity contribution < 1.29 is 0 Å².